The van der Waals surface area contributed by atoms with Crippen molar-refractivity contribution in [1.82, 2.24) is 9.47 Å². The van der Waals surface area contributed by atoms with Crippen molar-refractivity contribution in [2.24, 2.45) is 0 Å². The molecule has 3 aromatic rings. The molecule has 1 aliphatic carbocycles. The maximum atomic E-state index is 13.4. The minimum absolute atomic E-state index is 0.117. The molecule has 1 unspecified atom stereocenters. The molecule has 5 heteroatoms. The molecule has 0 aliphatic heterocycles. The summed E-state index contributed by atoms with van der Waals surface area (Å²) >= 11 is 0. The van der Waals surface area contributed by atoms with E-state index in [0.717, 1.165) is 43.7 Å². The standard InChI is InChI=1S/C27H34N2O3/c1-5-32-26(30)27(20-10-7-6-8-11-20)15-14-25-23(19-27)22-18-21(31-4)12-13-24(22)29(25)17-9-16-28(2)3/h6-8,10-13,18H,5,9,14-17,19H2,1-4H3. The van der Waals surface area contributed by atoms with Crippen LogP contribution in [0.2, 0.25) is 0 Å². The van der Waals surface area contributed by atoms with Crippen LogP contribution in [0, 0.1) is 0 Å². The zero-order valence-electron chi connectivity index (χ0n) is 19.7. The fourth-order valence-corrected chi connectivity index (χ4v) is 5.15. The molecule has 0 bridgehead atoms. The lowest BCUT2D eigenvalue weighted by Crippen LogP contribution is -2.42. The van der Waals surface area contributed by atoms with E-state index >= 15 is 0 Å². The predicted octanol–water partition coefficient (Wildman–Crippen LogP) is 4.59. The number of hydrogen-bond donors (Lipinski definition) is 0. The van der Waals surface area contributed by atoms with E-state index in [2.05, 4.69) is 47.8 Å². The third kappa shape index (κ3) is 4.02. The summed E-state index contributed by atoms with van der Waals surface area (Å²) in [6, 6.07) is 16.5. The molecule has 0 N–H and O–H groups in total. The summed E-state index contributed by atoms with van der Waals surface area (Å²) < 4.78 is 13.6. The van der Waals surface area contributed by atoms with Crippen molar-refractivity contribution in [2.75, 3.05) is 34.4 Å². The van der Waals surface area contributed by atoms with Gasteiger partial charge in [-0.05, 0) is 82.6 Å². The van der Waals surface area contributed by atoms with Crippen molar-refractivity contribution in [3.05, 3.63) is 65.4 Å². The normalized spacial score (nSPS) is 18.0. The Hall–Kier alpha value is -2.79. The molecular weight excluding hydrogens is 400 g/mol. The summed E-state index contributed by atoms with van der Waals surface area (Å²) in [7, 11) is 5.93. The number of carbonyl (C=O) groups excluding carboxylic acids is 1. The molecule has 170 valence electrons. The molecule has 0 spiro atoms. The first kappa shape index (κ1) is 22.4. The van der Waals surface area contributed by atoms with Gasteiger partial charge < -0.3 is 18.9 Å². The Kier molecular flexibility index (Phi) is 6.56. The second kappa shape index (κ2) is 9.37. The van der Waals surface area contributed by atoms with Gasteiger partial charge in [0.1, 0.15) is 5.75 Å². The monoisotopic (exact) mass is 434 g/mol. The van der Waals surface area contributed by atoms with Crippen LogP contribution >= 0.6 is 0 Å². The quantitative estimate of drug-likeness (QED) is 0.487. The first-order chi connectivity index (χ1) is 15.5. The van der Waals surface area contributed by atoms with Crippen LogP contribution in [0.25, 0.3) is 10.9 Å². The number of fused-ring (bicyclic) bond motifs is 3. The average Bonchev–Trinajstić information content (AvgIpc) is 3.11. The first-order valence-electron chi connectivity index (χ1n) is 11.6. The molecule has 0 saturated carbocycles. The Morgan fingerprint density at radius 2 is 1.94 bits per heavy atom. The highest BCUT2D eigenvalue weighted by Gasteiger charge is 2.45. The van der Waals surface area contributed by atoms with Crippen LogP contribution in [-0.4, -0.2) is 49.8 Å². The van der Waals surface area contributed by atoms with Gasteiger partial charge in [0.25, 0.3) is 0 Å². The summed E-state index contributed by atoms with van der Waals surface area (Å²) in [5.74, 6) is 0.728. The van der Waals surface area contributed by atoms with Gasteiger partial charge in [0.05, 0.1) is 19.1 Å². The number of aryl methyl sites for hydroxylation is 1. The Balaban J connectivity index is 1.83. The van der Waals surface area contributed by atoms with Crippen LogP contribution in [0.5, 0.6) is 5.75 Å². The highest BCUT2D eigenvalue weighted by atomic mass is 16.5. The highest BCUT2D eigenvalue weighted by molar-refractivity contribution is 5.91. The maximum absolute atomic E-state index is 13.4. The van der Waals surface area contributed by atoms with E-state index in [1.807, 2.05) is 31.2 Å². The number of nitrogens with zero attached hydrogens (tertiary/aromatic N) is 2. The lowest BCUT2D eigenvalue weighted by Gasteiger charge is -2.36. The van der Waals surface area contributed by atoms with Crippen molar-refractivity contribution in [3.63, 3.8) is 0 Å². The second-order valence-corrected chi connectivity index (χ2v) is 8.96. The molecule has 4 rings (SSSR count). The fourth-order valence-electron chi connectivity index (χ4n) is 5.15. The summed E-state index contributed by atoms with van der Waals surface area (Å²) in [4.78, 5) is 15.6. The van der Waals surface area contributed by atoms with Gasteiger partial charge >= 0.3 is 5.97 Å². The van der Waals surface area contributed by atoms with Crippen LogP contribution in [0.3, 0.4) is 0 Å². The molecule has 1 aliphatic rings. The molecule has 0 radical (unpaired) electrons. The number of rotatable bonds is 8. The van der Waals surface area contributed by atoms with E-state index < -0.39 is 5.41 Å². The van der Waals surface area contributed by atoms with E-state index in [-0.39, 0.29) is 5.97 Å². The van der Waals surface area contributed by atoms with E-state index in [1.54, 1.807) is 7.11 Å². The second-order valence-electron chi connectivity index (χ2n) is 8.96. The topological polar surface area (TPSA) is 43.7 Å². The number of ether oxygens (including phenoxy) is 2. The van der Waals surface area contributed by atoms with Gasteiger partial charge in [0.15, 0.2) is 0 Å². The van der Waals surface area contributed by atoms with Crippen molar-refractivity contribution >= 4 is 16.9 Å². The van der Waals surface area contributed by atoms with E-state index in [1.165, 1.54) is 22.2 Å². The number of aromatic nitrogens is 1. The zero-order chi connectivity index (χ0) is 22.7. The van der Waals surface area contributed by atoms with E-state index in [4.69, 9.17) is 9.47 Å². The van der Waals surface area contributed by atoms with Crippen LogP contribution in [0.4, 0.5) is 0 Å². The summed E-state index contributed by atoms with van der Waals surface area (Å²) in [6.07, 6.45) is 3.33. The maximum Gasteiger partial charge on any atom is 0.316 e. The van der Waals surface area contributed by atoms with Crippen LogP contribution in [-0.2, 0) is 34.3 Å². The molecule has 32 heavy (non-hydrogen) atoms. The minimum Gasteiger partial charge on any atom is -0.497 e. The molecule has 1 heterocycles. The lowest BCUT2D eigenvalue weighted by atomic mass is 9.68. The highest BCUT2D eigenvalue weighted by Crippen LogP contribution is 2.44. The number of esters is 1. The molecule has 1 atom stereocenters. The fraction of sp³-hybridized carbons (Fsp3) is 0.444. The van der Waals surface area contributed by atoms with Gasteiger partial charge in [0, 0.05) is 23.1 Å². The zero-order valence-corrected chi connectivity index (χ0v) is 19.7. The van der Waals surface area contributed by atoms with Gasteiger partial charge in [0.2, 0.25) is 0 Å². The van der Waals surface area contributed by atoms with Crippen LogP contribution in [0.1, 0.15) is 36.6 Å². The summed E-state index contributed by atoms with van der Waals surface area (Å²) in [6.45, 7) is 4.28. The Morgan fingerprint density at radius 1 is 1.16 bits per heavy atom. The van der Waals surface area contributed by atoms with Gasteiger partial charge in [-0.25, -0.2) is 0 Å². The Bertz CT molecular complexity index is 1090. The smallest absolute Gasteiger partial charge is 0.316 e. The van der Waals surface area contributed by atoms with Crippen LogP contribution < -0.4 is 4.74 Å². The first-order valence-corrected chi connectivity index (χ1v) is 11.6. The number of carbonyl (C=O) groups is 1. The molecule has 0 saturated heterocycles. The average molecular weight is 435 g/mol. The molecular formula is C27H34N2O3. The third-order valence-corrected chi connectivity index (χ3v) is 6.74. The number of methoxy groups -OCH3 is 1. The number of hydrogen-bond acceptors (Lipinski definition) is 4. The molecule has 2 aromatic carbocycles. The summed E-state index contributed by atoms with van der Waals surface area (Å²) in [5.41, 5.74) is 4.22. The van der Waals surface area contributed by atoms with Gasteiger partial charge in [-0.1, -0.05) is 30.3 Å². The summed E-state index contributed by atoms with van der Waals surface area (Å²) in [5, 5.41) is 1.19. The van der Waals surface area contributed by atoms with Gasteiger partial charge in [-0.2, -0.15) is 0 Å². The largest absolute Gasteiger partial charge is 0.497 e. The van der Waals surface area contributed by atoms with E-state index in [9.17, 15) is 4.79 Å². The van der Waals surface area contributed by atoms with Crippen molar-refractivity contribution in [1.29, 1.82) is 0 Å². The molecule has 0 fully saturated rings. The van der Waals surface area contributed by atoms with Crippen molar-refractivity contribution in [2.45, 2.75) is 44.6 Å². The lowest BCUT2D eigenvalue weighted by molar-refractivity contribution is -0.150. The van der Waals surface area contributed by atoms with Gasteiger partial charge in [-0.15, -0.1) is 0 Å². The Morgan fingerprint density at radius 3 is 2.62 bits per heavy atom. The van der Waals surface area contributed by atoms with Gasteiger partial charge in [-0.3, -0.25) is 4.79 Å². The SMILES string of the molecule is CCOC(=O)C1(c2ccccc2)CCc2c(c3cc(OC)ccc3n2CCCN(C)C)C1. The third-order valence-electron chi connectivity index (χ3n) is 6.74. The molecule has 0 amide bonds. The van der Waals surface area contributed by atoms with E-state index in [0.29, 0.717) is 13.0 Å². The minimum atomic E-state index is -0.657. The van der Waals surface area contributed by atoms with Crippen LogP contribution in [0.15, 0.2) is 48.5 Å². The van der Waals surface area contributed by atoms with Crippen molar-refractivity contribution < 1.29 is 14.3 Å². The van der Waals surface area contributed by atoms with Crippen molar-refractivity contribution in [3.8, 4) is 5.75 Å². The molecule has 1 aromatic heterocycles. The number of benzene rings is 2. The Labute approximate surface area is 190 Å². The molecule has 5 nitrogen and oxygen atoms in total. The predicted molar refractivity (Wildman–Crippen MR) is 128 cm³/mol.